The molecule has 0 saturated carbocycles. The van der Waals surface area contributed by atoms with Crippen LogP contribution in [-0.4, -0.2) is 23.3 Å². The van der Waals surface area contributed by atoms with E-state index in [0.29, 0.717) is 16.5 Å². The summed E-state index contributed by atoms with van der Waals surface area (Å²) in [5.74, 6) is -0.940. The Morgan fingerprint density at radius 1 is 0.963 bits per heavy atom. The maximum Gasteiger partial charge on any atom is 0.339 e. The number of benzene rings is 2. The van der Waals surface area contributed by atoms with Gasteiger partial charge in [0.25, 0.3) is 0 Å². The summed E-state index contributed by atoms with van der Waals surface area (Å²) in [5, 5.41) is 0.577. The number of hydrogen-bond acceptors (Lipinski definition) is 4. The molecule has 0 radical (unpaired) electrons. The van der Waals surface area contributed by atoms with Gasteiger partial charge in [0.05, 0.1) is 5.56 Å². The smallest absolute Gasteiger partial charge is 0.339 e. The zero-order valence-corrected chi connectivity index (χ0v) is 15.8. The first kappa shape index (κ1) is 18.6. The van der Waals surface area contributed by atoms with E-state index in [1.54, 1.807) is 24.3 Å². The van der Waals surface area contributed by atoms with E-state index >= 15 is 0 Å². The van der Waals surface area contributed by atoms with Crippen molar-refractivity contribution in [2.45, 2.75) is 27.7 Å². The lowest BCUT2D eigenvalue weighted by Crippen LogP contribution is -2.19. The van der Waals surface area contributed by atoms with Crippen LogP contribution in [0.5, 0.6) is 0 Å². The molecule has 5 heteroatoms. The number of ether oxygens (including phenoxy) is 1. The van der Waals surface area contributed by atoms with E-state index in [4.69, 9.17) is 4.74 Å². The third kappa shape index (κ3) is 3.53. The first-order valence-electron chi connectivity index (χ1n) is 8.69. The molecule has 0 atom stereocenters. The highest BCUT2D eigenvalue weighted by Crippen LogP contribution is 2.22. The molecule has 0 bridgehead atoms. The second-order valence-electron chi connectivity index (χ2n) is 6.73. The number of rotatable bonds is 4. The minimum Gasteiger partial charge on any atom is -0.454 e. The predicted octanol–water partition coefficient (Wildman–Crippen LogP) is 3.80. The summed E-state index contributed by atoms with van der Waals surface area (Å²) >= 11 is 0. The van der Waals surface area contributed by atoms with Gasteiger partial charge in [0.1, 0.15) is 0 Å². The summed E-state index contributed by atoms with van der Waals surface area (Å²) in [6, 6.07) is 10.2. The molecule has 2 aromatic carbocycles. The van der Waals surface area contributed by atoms with E-state index in [9.17, 15) is 14.4 Å². The summed E-state index contributed by atoms with van der Waals surface area (Å²) in [5.41, 5.74) is 4.72. The van der Waals surface area contributed by atoms with Gasteiger partial charge in [-0.25, -0.2) is 4.79 Å². The average Bonchev–Trinajstić information content (AvgIpc) is 2.64. The normalized spacial score (nSPS) is 10.8. The number of aromatic amines is 1. The van der Waals surface area contributed by atoms with Gasteiger partial charge in [0.15, 0.2) is 6.61 Å². The van der Waals surface area contributed by atoms with Crippen molar-refractivity contribution < 1.29 is 14.3 Å². The zero-order valence-electron chi connectivity index (χ0n) is 15.8. The largest absolute Gasteiger partial charge is 0.454 e. The summed E-state index contributed by atoms with van der Waals surface area (Å²) in [6.45, 7) is 7.31. The first-order valence-corrected chi connectivity index (χ1v) is 8.69. The van der Waals surface area contributed by atoms with Crippen molar-refractivity contribution in [3.8, 4) is 0 Å². The van der Waals surface area contributed by atoms with Crippen LogP contribution in [0.2, 0.25) is 0 Å². The van der Waals surface area contributed by atoms with Crippen LogP contribution in [0, 0.1) is 27.7 Å². The maximum atomic E-state index is 12.7. The molecule has 0 aliphatic carbocycles. The molecule has 0 unspecified atom stereocenters. The highest BCUT2D eigenvalue weighted by atomic mass is 16.5. The Balaban J connectivity index is 1.87. The average molecular weight is 363 g/mol. The molecular formula is C22H21NO4. The molecule has 0 saturated heterocycles. The Bertz CT molecular complexity index is 1100. The molecule has 5 nitrogen and oxygen atoms in total. The van der Waals surface area contributed by atoms with Crippen LogP contribution in [-0.2, 0) is 4.74 Å². The fourth-order valence-electron chi connectivity index (χ4n) is 3.29. The number of carbonyl (C=O) groups excluding carboxylic acids is 2. The monoisotopic (exact) mass is 363 g/mol. The number of ketones is 1. The minimum atomic E-state index is -0.690. The summed E-state index contributed by atoms with van der Waals surface area (Å²) in [6.07, 6.45) is 0. The Hall–Kier alpha value is -3.21. The van der Waals surface area contributed by atoms with Gasteiger partial charge in [0.2, 0.25) is 11.3 Å². The van der Waals surface area contributed by atoms with Crippen molar-refractivity contribution in [2.24, 2.45) is 0 Å². The molecule has 1 heterocycles. The Morgan fingerprint density at radius 3 is 2.26 bits per heavy atom. The van der Waals surface area contributed by atoms with Crippen molar-refractivity contribution in [2.75, 3.05) is 6.61 Å². The molecule has 1 aromatic heterocycles. The quantitative estimate of drug-likeness (QED) is 0.565. The van der Waals surface area contributed by atoms with E-state index in [2.05, 4.69) is 4.98 Å². The molecular weight excluding hydrogens is 342 g/mol. The fraction of sp³-hybridized carbons (Fsp3) is 0.227. The summed E-state index contributed by atoms with van der Waals surface area (Å²) in [4.78, 5) is 39.7. The number of Topliss-reactive ketones (excluding diaryl/α,β-unsaturated/α-hetero) is 1. The van der Waals surface area contributed by atoms with Crippen LogP contribution in [0.25, 0.3) is 10.9 Å². The molecule has 138 valence electrons. The van der Waals surface area contributed by atoms with Gasteiger partial charge in [-0.2, -0.15) is 0 Å². The van der Waals surface area contributed by atoms with E-state index in [0.717, 1.165) is 22.3 Å². The number of H-pyrrole nitrogens is 1. The second kappa shape index (κ2) is 7.19. The van der Waals surface area contributed by atoms with Crippen molar-refractivity contribution in [3.63, 3.8) is 0 Å². The van der Waals surface area contributed by atoms with Gasteiger partial charge in [0, 0.05) is 22.5 Å². The Morgan fingerprint density at radius 2 is 1.59 bits per heavy atom. The predicted molar refractivity (Wildman–Crippen MR) is 105 cm³/mol. The van der Waals surface area contributed by atoms with E-state index in [1.807, 2.05) is 33.8 Å². The van der Waals surface area contributed by atoms with E-state index in [1.165, 1.54) is 6.07 Å². The molecule has 3 aromatic rings. The number of para-hydroxylation sites is 1. The second-order valence-corrected chi connectivity index (χ2v) is 6.73. The SMILES string of the molecule is Cc1cc(C)c(C)c(C(=O)COC(=O)c2cc(=O)[nH]c3ccccc23)c1C. The van der Waals surface area contributed by atoms with Gasteiger partial charge in [-0.1, -0.05) is 24.3 Å². The number of aromatic nitrogens is 1. The first-order chi connectivity index (χ1) is 12.8. The van der Waals surface area contributed by atoms with Crippen LogP contribution in [0.4, 0.5) is 0 Å². The Kier molecular flexibility index (Phi) is 4.95. The summed E-state index contributed by atoms with van der Waals surface area (Å²) < 4.78 is 5.26. The van der Waals surface area contributed by atoms with E-state index in [-0.39, 0.29) is 18.0 Å². The van der Waals surface area contributed by atoms with Gasteiger partial charge >= 0.3 is 5.97 Å². The molecule has 0 aliphatic rings. The van der Waals surface area contributed by atoms with Gasteiger partial charge in [-0.3, -0.25) is 9.59 Å². The van der Waals surface area contributed by atoms with Crippen LogP contribution in [0.15, 0.2) is 41.2 Å². The van der Waals surface area contributed by atoms with Gasteiger partial charge in [-0.15, -0.1) is 0 Å². The highest BCUT2D eigenvalue weighted by Gasteiger charge is 2.19. The van der Waals surface area contributed by atoms with Crippen molar-refractivity contribution in [1.82, 2.24) is 4.98 Å². The molecule has 3 rings (SSSR count). The van der Waals surface area contributed by atoms with Gasteiger partial charge in [-0.05, 0) is 56.0 Å². The number of nitrogens with one attached hydrogen (secondary N) is 1. The summed E-state index contributed by atoms with van der Waals surface area (Å²) in [7, 11) is 0. The number of pyridine rings is 1. The number of hydrogen-bond donors (Lipinski definition) is 1. The lowest BCUT2D eigenvalue weighted by atomic mass is 9.92. The fourth-order valence-corrected chi connectivity index (χ4v) is 3.29. The number of esters is 1. The van der Waals surface area contributed by atoms with Crippen molar-refractivity contribution in [3.05, 3.63) is 80.1 Å². The van der Waals surface area contributed by atoms with Crippen LogP contribution >= 0.6 is 0 Å². The third-order valence-electron chi connectivity index (χ3n) is 4.95. The standard InChI is InChI=1S/C22H21NO4/c1-12-9-13(2)15(4)21(14(12)3)19(24)11-27-22(26)17-10-20(25)23-18-8-6-5-7-16(17)18/h5-10H,11H2,1-4H3,(H,23,25). The molecule has 1 N–H and O–H groups in total. The van der Waals surface area contributed by atoms with Crippen LogP contribution < -0.4 is 5.56 Å². The molecule has 0 aliphatic heterocycles. The minimum absolute atomic E-state index is 0.149. The van der Waals surface area contributed by atoms with Crippen LogP contribution in [0.1, 0.15) is 43.0 Å². The van der Waals surface area contributed by atoms with Crippen molar-refractivity contribution in [1.29, 1.82) is 0 Å². The molecule has 0 fully saturated rings. The number of carbonyl (C=O) groups is 2. The topological polar surface area (TPSA) is 76.2 Å². The number of aryl methyl sites for hydroxylation is 2. The molecule has 0 spiro atoms. The highest BCUT2D eigenvalue weighted by molar-refractivity contribution is 6.05. The zero-order chi connectivity index (χ0) is 19.7. The Labute approximate surface area is 157 Å². The number of fused-ring (bicyclic) bond motifs is 1. The maximum absolute atomic E-state index is 12.7. The lowest BCUT2D eigenvalue weighted by Gasteiger charge is -2.14. The molecule has 27 heavy (non-hydrogen) atoms. The van der Waals surface area contributed by atoms with Gasteiger partial charge < -0.3 is 9.72 Å². The van der Waals surface area contributed by atoms with Crippen LogP contribution in [0.3, 0.4) is 0 Å². The lowest BCUT2D eigenvalue weighted by molar-refractivity contribution is 0.0476. The third-order valence-corrected chi connectivity index (χ3v) is 4.95. The van der Waals surface area contributed by atoms with E-state index < -0.39 is 11.5 Å². The molecule has 0 amide bonds. The van der Waals surface area contributed by atoms with Crippen molar-refractivity contribution >= 4 is 22.7 Å².